The minimum Gasteiger partial charge on any atom is -0.488 e. The van der Waals surface area contributed by atoms with E-state index < -0.39 is 0 Å². The summed E-state index contributed by atoms with van der Waals surface area (Å²) < 4.78 is 5.85. The largest absolute Gasteiger partial charge is 0.488 e. The molecule has 0 saturated carbocycles. The van der Waals surface area contributed by atoms with Gasteiger partial charge in [0.2, 0.25) is 0 Å². The fraction of sp³-hybridized carbons (Fsp3) is 0.0625. The van der Waals surface area contributed by atoms with Crippen LogP contribution in [0.15, 0.2) is 54.9 Å². The molecule has 1 aromatic heterocycles. The van der Waals surface area contributed by atoms with Gasteiger partial charge in [0.1, 0.15) is 18.7 Å². The van der Waals surface area contributed by atoms with Gasteiger partial charge in [0.05, 0.1) is 17.2 Å². The Kier molecular flexibility index (Phi) is 3.61. The molecule has 0 radical (unpaired) electrons. The molecule has 0 spiro atoms. The molecule has 0 amide bonds. The van der Waals surface area contributed by atoms with E-state index in [1.165, 1.54) is 6.33 Å². The van der Waals surface area contributed by atoms with Gasteiger partial charge in [-0.15, -0.1) is 0 Å². The Morgan fingerprint density at radius 2 is 2.05 bits per heavy atom. The lowest BCUT2D eigenvalue weighted by atomic mass is 10.1. The summed E-state index contributed by atoms with van der Waals surface area (Å²) in [6, 6.07) is 17.1. The third-order valence-corrected chi connectivity index (χ3v) is 3.01. The minimum absolute atomic E-state index is 0.390. The molecule has 0 aliphatic rings. The Balaban J connectivity index is 1.81. The molecule has 5 nitrogen and oxygen atoms in total. The van der Waals surface area contributed by atoms with E-state index in [2.05, 4.69) is 21.3 Å². The van der Waals surface area contributed by atoms with Gasteiger partial charge >= 0.3 is 0 Å². The van der Waals surface area contributed by atoms with Crippen LogP contribution >= 0.6 is 0 Å². The number of hydrogen-bond acceptors (Lipinski definition) is 4. The first kappa shape index (κ1) is 12.9. The number of H-pyrrole nitrogens is 1. The van der Waals surface area contributed by atoms with E-state index in [4.69, 9.17) is 10.00 Å². The summed E-state index contributed by atoms with van der Waals surface area (Å²) in [7, 11) is 0. The lowest BCUT2D eigenvalue weighted by Gasteiger charge is -2.10. The van der Waals surface area contributed by atoms with Crippen molar-refractivity contribution >= 4 is 0 Å². The molecule has 0 aliphatic carbocycles. The molecule has 1 heterocycles. The number of nitrogens with zero attached hydrogens (tertiary/aromatic N) is 3. The first-order valence-corrected chi connectivity index (χ1v) is 6.43. The first-order chi connectivity index (χ1) is 10.4. The summed E-state index contributed by atoms with van der Waals surface area (Å²) in [5, 5.41) is 15.6. The maximum atomic E-state index is 8.91. The van der Waals surface area contributed by atoms with Gasteiger partial charge in [-0.1, -0.05) is 24.3 Å². The molecule has 2 aromatic carbocycles. The topological polar surface area (TPSA) is 74.6 Å². The Labute approximate surface area is 121 Å². The molecule has 0 bridgehead atoms. The first-order valence-electron chi connectivity index (χ1n) is 6.43. The summed E-state index contributed by atoms with van der Waals surface area (Å²) >= 11 is 0. The standard InChI is InChI=1S/C16H12N4O/c17-9-12-4-3-5-13(8-12)10-21-15-7-2-1-6-14(15)16-18-11-19-20-16/h1-8,11H,10H2,(H,18,19,20). The Hall–Kier alpha value is -3.13. The van der Waals surface area contributed by atoms with Crippen molar-refractivity contribution in [1.29, 1.82) is 5.26 Å². The van der Waals surface area contributed by atoms with Crippen LogP contribution in [0.2, 0.25) is 0 Å². The van der Waals surface area contributed by atoms with Crippen LogP contribution in [0.1, 0.15) is 11.1 Å². The zero-order valence-electron chi connectivity index (χ0n) is 11.2. The zero-order valence-corrected chi connectivity index (χ0v) is 11.2. The molecule has 1 N–H and O–H groups in total. The third-order valence-electron chi connectivity index (χ3n) is 3.01. The van der Waals surface area contributed by atoms with Gasteiger partial charge in [0.15, 0.2) is 5.82 Å². The van der Waals surface area contributed by atoms with E-state index in [0.29, 0.717) is 18.0 Å². The molecule has 21 heavy (non-hydrogen) atoms. The molecule has 5 heteroatoms. The summed E-state index contributed by atoms with van der Waals surface area (Å²) in [5.74, 6) is 1.38. The molecule has 3 rings (SSSR count). The predicted molar refractivity (Wildman–Crippen MR) is 77.3 cm³/mol. The normalized spacial score (nSPS) is 10.0. The van der Waals surface area contributed by atoms with Gasteiger partial charge in [-0.2, -0.15) is 10.4 Å². The van der Waals surface area contributed by atoms with Crippen LogP contribution in [0, 0.1) is 11.3 Å². The molecule has 0 aliphatic heterocycles. The zero-order chi connectivity index (χ0) is 14.5. The lowest BCUT2D eigenvalue weighted by Crippen LogP contribution is -1.98. The van der Waals surface area contributed by atoms with Gasteiger partial charge in [0, 0.05) is 0 Å². The van der Waals surface area contributed by atoms with Crippen molar-refractivity contribution in [3.05, 3.63) is 66.0 Å². The van der Waals surface area contributed by atoms with E-state index in [1.54, 1.807) is 6.07 Å². The number of para-hydroxylation sites is 1. The van der Waals surface area contributed by atoms with E-state index in [-0.39, 0.29) is 0 Å². The monoisotopic (exact) mass is 276 g/mol. The summed E-state index contributed by atoms with van der Waals surface area (Å²) in [5.41, 5.74) is 2.42. The lowest BCUT2D eigenvalue weighted by molar-refractivity contribution is 0.307. The summed E-state index contributed by atoms with van der Waals surface area (Å²) in [6.45, 7) is 0.390. The average molecular weight is 276 g/mol. The van der Waals surface area contributed by atoms with E-state index >= 15 is 0 Å². The van der Waals surface area contributed by atoms with Crippen molar-refractivity contribution in [2.45, 2.75) is 6.61 Å². The molecule has 0 unspecified atom stereocenters. The number of hydrogen-bond donors (Lipinski definition) is 1. The maximum Gasteiger partial charge on any atom is 0.159 e. The highest BCUT2D eigenvalue weighted by Gasteiger charge is 2.08. The SMILES string of the molecule is N#Cc1cccc(COc2ccccc2-c2ncn[nH]2)c1. The minimum atomic E-state index is 0.390. The van der Waals surface area contributed by atoms with Crippen molar-refractivity contribution in [2.75, 3.05) is 0 Å². The number of aromatic amines is 1. The van der Waals surface area contributed by atoms with Crippen LogP contribution in [-0.2, 0) is 6.61 Å². The van der Waals surface area contributed by atoms with Crippen LogP contribution in [0.4, 0.5) is 0 Å². The fourth-order valence-corrected chi connectivity index (χ4v) is 2.02. The number of ether oxygens (including phenoxy) is 1. The summed E-state index contributed by atoms with van der Waals surface area (Å²) in [4.78, 5) is 4.14. The smallest absolute Gasteiger partial charge is 0.159 e. The summed E-state index contributed by atoms with van der Waals surface area (Å²) in [6.07, 6.45) is 1.46. The molecular weight excluding hydrogens is 264 g/mol. The molecule has 0 fully saturated rings. The third kappa shape index (κ3) is 2.90. The Morgan fingerprint density at radius 1 is 1.14 bits per heavy atom. The number of aromatic nitrogens is 3. The quantitative estimate of drug-likeness (QED) is 0.795. The number of nitrogens with one attached hydrogen (secondary N) is 1. The fourth-order valence-electron chi connectivity index (χ4n) is 2.02. The van der Waals surface area contributed by atoms with Gasteiger partial charge in [0.25, 0.3) is 0 Å². The van der Waals surface area contributed by atoms with Crippen molar-refractivity contribution < 1.29 is 4.74 Å². The van der Waals surface area contributed by atoms with Crippen molar-refractivity contribution in [1.82, 2.24) is 15.2 Å². The predicted octanol–water partition coefficient (Wildman–Crippen LogP) is 2.92. The highest BCUT2D eigenvalue weighted by molar-refractivity contribution is 5.63. The molecule has 0 saturated heterocycles. The van der Waals surface area contributed by atoms with Crippen LogP contribution in [0.25, 0.3) is 11.4 Å². The second-order valence-corrected chi connectivity index (χ2v) is 4.43. The van der Waals surface area contributed by atoms with Crippen molar-refractivity contribution in [2.24, 2.45) is 0 Å². The maximum absolute atomic E-state index is 8.91. The van der Waals surface area contributed by atoms with Crippen molar-refractivity contribution in [3.63, 3.8) is 0 Å². The molecule has 3 aromatic rings. The Morgan fingerprint density at radius 3 is 2.86 bits per heavy atom. The second kappa shape index (κ2) is 5.88. The molecule has 102 valence electrons. The van der Waals surface area contributed by atoms with Gasteiger partial charge < -0.3 is 4.74 Å². The van der Waals surface area contributed by atoms with Crippen molar-refractivity contribution in [3.8, 4) is 23.2 Å². The van der Waals surface area contributed by atoms with Crippen LogP contribution in [0.3, 0.4) is 0 Å². The van der Waals surface area contributed by atoms with Gasteiger partial charge in [-0.25, -0.2) is 4.98 Å². The highest BCUT2D eigenvalue weighted by atomic mass is 16.5. The van der Waals surface area contributed by atoms with Crippen LogP contribution in [-0.4, -0.2) is 15.2 Å². The van der Waals surface area contributed by atoms with Crippen LogP contribution < -0.4 is 4.74 Å². The number of rotatable bonds is 4. The van der Waals surface area contributed by atoms with E-state index in [0.717, 1.165) is 16.9 Å². The molecular formula is C16H12N4O. The van der Waals surface area contributed by atoms with Crippen LogP contribution in [0.5, 0.6) is 5.75 Å². The average Bonchev–Trinajstić information content (AvgIpc) is 3.08. The van der Waals surface area contributed by atoms with E-state index in [1.807, 2.05) is 42.5 Å². The number of benzene rings is 2. The number of nitriles is 1. The van der Waals surface area contributed by atoms with E-state index in [9.17, 15) is 0 Å². The highest BCUT2D eigenvalue weighted by Crippen LogP contribution is 2.27. The molecule has 0 atom stereocenters. The second-order valence-electron chi connectivity index (χ2n) is 4.43. The Bertz CT molecular complexity index is 775. The van der Waals surface area contributed by atoms with Gasteiger partial charge in [-0.05, 0) is 29.8 Å². The van der Waals surface area contributed by atoms with Gasteiger partial charge in [-0.3, -0.25) is 5.10 Å².